The Balaban J connectivity index is 1.65. The number of piperidine rings is 1. The molecule has 0 bridgehead atoms. The molecular weight excluding hydrogens is 274 g/mol. The summed E-state index contributed by atoms with van der Waals surface area (Å²) in [6.45, 7) is 3.83. The fraction of sp³-hybridized carbons (Fsp3) is 1.00. The van der Waals surface area contributed by atoms with E-state index in [9.17, 15) is 8.42 Å². The Morgan fingerprint density at radius 2 is 1.70 bits per heavy atom. The number of rotatable bonds is 4. The van der Waals surface area contributed by atoms with Gasteiger partial charge in [-0.15, -0.1) is 0 Å². The van der Waals surface area contributed by atoms with Gasteiger partial charge in [0.1, 0.15) is 0 Å². The van der Waals surface area contributed by atoms with Crippen molar-refractivity contribution in [3.63, 3.8) is 0 Å². The molecule has 1 saturated carbocycles. The summed E-state index contributed by atoms with van der Waals surface area (Å²) in [5, 5.41) is 3.18. The molecule has 1 N–H and O–H groups in total. The predicted molar refractivity (Wildman–Crippen MR) is 79.5 cm³/mol. The Hall–Kier alpha value is -0.170. The number of hydrogen-bond acceptors (Lipinski definition) is 3. The molecule has 1 aliphatic carbocycles. The average Bonchev–Trinajstić information content (AvgIpc) is 3.00. The molecular formula is C14H27N3O2S. The van der Waals surface area contributed by atoms with Gasteiger partial charge in [0.25, 0.3) is 10.2 Å². The summed E-state index contributed by atoms with van der Waals surface area (Å²) in [7, 11) is -1.28. The van der Waals surface area contributed by atoms with E-state index in [0.29, 0.717) is 30.8 Å². The topological polar surface area (TPSA) is 52.7 Å². The second-order valence-electron chi connectivity index (χ2n) is 6.70. The van der Waals surface area contributed by atoms with E-state index in [1.165, 1.54) is 19.3 Å². The molecule has 0 aromatic carbocycles. The summed E-state index contributed by atoms with van der Waals surface area (Å²) in [6.07, 6.45) is 5.86. The van der Waals surface area contributed by atoms with Gasteiger partial charge in [-0.3, -0.25) is 0 Å². The minimum atomic E-state index is -3.22. The van der Waals surface area contributed by atoms with Gasteiger partial charge in [0.05, 0.1) is 0 Å². The van der Waals surface area contributed by atoms with Crippen molar-refractivity contribution >= 4 is 10.2 Å². The number of nitrogens with zero attached hydrogens (tertiary/aromatic N) is 2. The molecule has 20 heavy (non-hydrogen) atoms. The third-order valence-electron chi connectivity index (χ3n) is 5.32. The molecule has 3 unspecified atom stereocenters. The summed E-state index contributed by atoms with van der Waals surface area (Å²) in [5.74, 6) is 1.72. The highest BCUT2D eigenvalue weighted by Gasteiger charge is 2.43. The first-order valence-corrected chi connectivity index (χ1v) is 9.40. The Labute approximate surface area is 122 Å². The fourth-order valence-corrected chi connectivity index (χ4v) is 6.08. The first-order chi connectivity index (χ1) is 9.61. The van der Waals surface area contributed by atoms with Gasteiger partial charge in [0, 0.05) is 26.2 Å². The molecule has 2 heterocycles. The molecule has 3 rings (SSSR count). The molecule has 0 radical (unpaired) electrons. The highest BCUT2D eigenvalue weighted by atomic mass is 32.2. The van der Waals surface area contributed by atoms with Crippen LogP contribution in [-0.2, 0) is 10.2 Å². The highest BCUT2D eigenvalue weighted by molar-refractivity contribution is 7.86. The summed E-state index contributed by atoms with van der Waals surface area (Å²) in [5.41, 5.74) is 0. The van der Waals surface area contributed by atoms with Crippen molar-refractivity contribution in [2.24, 2.45) is 17.8 Å². The van der Waals surface area contributed by atoms with E-state index in [2.05, 4.69) is 5.32 Å². The maximum atomic E-state index is 12.8. The Morgan fingerprint density at radius 3 is 2.35 bits per heavy atom. The van der Waals surface area contributed by atoms with Crippen molar-refractivity contribution in [3.8, 4) is 0 Å². The second kappa shape index (κ2) is 5.91. The molecule has 0 spiro atoms. The van der Waals surface area contributed by atoms with Crippen LogP contribution in [0.15, 0.2) is 0 Å². The normalized spacial score (nSPS) is 36.4. The van der Waals surface area contributed by atoms with Crippen LogP contribution in [0.1, 0.15) is 32.1 Å². The van der Waals surface area contributed by atoms with Crippen LogP contribution in [0.4, 0.5) is 0 Å². The third-order valence-corrected chi connectivity index (χ3v) is 7.25. The van der Waals surface area contributed by atoms with E-state index in [0.717, 1.165) is 32.5 Å². The van der Waals surface area contributed by atoms with Gasteiger partial charge in [-0.1, -0.05) is 6.42 Å². The van der Waals surface area contributed by atoms with Gasteiger partial charge in [-0.25, -0.2) is 0 Å². The second-order valence-corrected chi connectivity index (χ2v) is 8.63. The summed E-state index contributed by atoms with van der Waals surface area (Å²) < 4.78 is 29.1. The molecule has 5 nitrogen and oxygen atoms in total. The van der Waals surface area contributed by atoms with Crippen LogP contribution >= 0.6 is 0 Å². The van der Waals surface area contributed by atoms with E-state index in [1.54, 1.807) is 8.61 Å². The van der Waals surface area contributed by atoms with E-state index >= 15 is 0 Å². The SMILES string of the molecule is CNCC1CCCN(S(=O)(=O)N2CC3CCCC3C2)C1. The van der Waals surface area contributed by atoms with Gasteiger partial charge < -0.3 is 5.32 Å². The molecule has 6 heteroatoms. The Morgan fingerprint density at radius 1 is 1.00 bits per heavy atom. The maximum Gasteiger partial charge on any atom is 0.282 e. The Kier molecular flexibility index (Phi) is 4.36. The molecule has 2 saturated heterocycles. The molecule has 0 aromatic heterocycles. The van der Waals surface area contributed by atoms with Crippen LogP contribution in [-0.4, -0.2) is 56.8 Å². The van der Waals surface area contributed by atoms with E-state index in [-0.39, 0.29) is 0 Å². The Bertz CT molecular complexity index is 426. The van der Waals surface area contributed by atoms with Crippen molar-refractivity contribution in [2.75, 3.05) is 39.8 Å². The van der Waals surface area contributed by atoms with Crippen LogP contribution in [0.3, 0.4) is 0 Å². The molecule has 3 fully saturated rings. The van der Waals surface area contributed by atoms with Crippen molar-refractivity contribution in [2.45, 2.75) is 32.1 Å². The highest BCUT2D eigenvalue weighted by Crippen LogP contribution is 2.39. The minimum Gasteiger partial charge on any atom is -0.319 e. The molecule has 3 atom stereocenters. The van der Waals surface area contributed by atoms with Crippen molar-refractivity contribution in [1.29, 1.82) is 0 Å². The lowest BCUT2D eigenvalue weighted by Crippen LogP contribution is -2.48. The lowest BCUT2D eigenvalue weighted by atomic mass is 10.00. The summed E-state index contributed by atoms with van der Waals surface area (Å²) in [4.78, 5) is 0. The van der Waals surface area contributed by atoms with Gasteiger partial charge in [0.2, 0.25) is 0 Å². The molecule has 0 aromatic rings. The lowest BCUT2D eigenvalue weighted by molar-refractivity contribution is 0.247. The zero-order valence-electron chi connectivity index (χ0n) is 12.4. The van der Waals surface area contributed by atoms with Crippen LogP contribution in [0.2, 0.25) is 0 Å². The fourth-order valence-electron chi connectivity index (χ4n) is 4.24. The monoisotopic (exact) mass is 301 g/mol. The number of hydrogen-bond donors (Lipinski definition) is 1. The standard InChI is InChI=1S/C14H27N3O2S/c1-15-8-12-4-3-7-16(9-12)20(18,19)17-10-13-5-2-6-14(13)11-17/h12-15H,2-11H2,1H3. The van der Waals surface area contributed by atoms with E-state index in [4.69, 9.17) is 0 Å². The van der Waals surface area contributed by atoms with Crippen molar-refractivity contribution in [3.05, 3.63) is 0 Å². The zero-order valence-corrected chi connectivity index (χ0v) is 13.2. The van der Waals surface area contributed by atoms with Crippen molar-refractivity contribution in [1.82, 2.24) is 13.9 Å². The van der Waals surface area contributed by atoms with Gasteiger partial charge >= 0.3 is 0 Å². The molecule has 2 aliphatic heterocycles. The van der Waals surface area contributed by atoms with Crippen LogP contribution in [0.5, 0.6) is 0 Å². The predicted octanol–water partition coefficient (Wildman–Crippen LogP) is 0.895. The summed E-state index contributed by atoms with van der Waals surface area (Å²) >= 11 is 0. The third kappa shape index (κ3) is 2.75. The van der Waals surface area contributed by atoms with Crippen LogP contribution in [0.25, 0.3) is 0 Å². The van der Waals surface area contributed by atoms with E-state index < -0.39 is 10.2 Å². The quantitative estimate of drug-likeness (QED) is 0.839. The lowest BCUT2D eigenvalue weighted by Gasteiger charge is -2.34. The number of nitrogens with one attached hydrogen (secondary N) is 1. The van der Waals surface area contributed by atoms with Crippen LogP contribution < -0.4 is 5.32 Å². The first-order valence-electron chi connectivity index (χ1n) is 8.01. The van der Waals surface area contributed by atoms with E-state index in [1.807, 2.05) is 7.05 Å². The van der Waals surface area contributed by atoms with Gasteiger partial charge in [0.15, 0.2) is 0 Å². The first kappa shape index (κ1) is 14.8. The smallest absolute Gasteiger partial charge is 0.282 e. The van der Waals surface area contributed by atoms with Gasteiger partial charge in [-0.2, -0.15) is 17.0 Å². The summed E-state index contributed by atoms with van der Waals surface area (Å²) in [6, 6.07) is 0. The maximum absolute atomic E-state index is 12.8. The van der Waals surface area contributed by atoms with Gasteiger partial charge in [-0.05, 0) is 57.0 Å². The van der Waals surface area contributed by atoms with Crippen LogP contribution in [0, 0.1) is 17.8 Å². The molecule has 0 amide bonds. The van der Waals surface area contributed by atoms with Crippen molar-refractivity contribution < 1.29 is 8.42 Å². The largest absolute Gasteiger partial charge is 0.319 e. The minimum absolute atomic E-state index is 0.464. The average molecular weight is 301 g/mol. The molecule has 116 valence electrons. The molecule has 3 aliphatic rings. The number of fused-ring (bicyclic) bond motifs is 1. The zero-order chi connectivity index (χ0) is 14.2.